The van der Waals surface area contributed by atoms with Crippen molar-refractivity contribution in [3.8, 4) is 0 Å². The van der Waals surface area contributed by atoms with Gasteiger partial charge in [-0.25, -0.2) is 0 Å². The number of hydrogen-bond acceptors (Lipinski definition) is 4. The molecule has 28 heavy (non-hydrogen) atoms. The Labute approximate surface area is 171 Å². The Morgan fingerprint density at radius 3 is 2.46 bits per heavy atom. The molecule has 2 N–H and O–H groups in total. The molecule has 1 aromatic heterocycles. The third-order valence-corrected chi connectivity index (χ3v) is 5.13. The maximum atomic E-state index is 12.1. The number of allylic oxidation sites excluding steroid dienone is 2. The Morgan fingerprint density at radius 1 is 1.36 bits per heavy atom. The third-order valence-electron chi connectivity index (χ3n) is 4.88. The zero-order valence-corrected chi connectivity index (χ0v) is 17.8. The standard InChI is InChI=1S/C22H27ClN4O/c1-7-19(24)20(15(3)25-4)21(16-8-10-17(23)11-9-16)27(6)18-12-14(2)22(28)26(5)13-18/h7-13,21,24-25H,1H2,2-6H3/b20-15+,24-19?. The summed E-state index contributed by atoms with van der Waals surface area (Å²) in [6.07, 6.45) is 3.35. The van der Waals surface area contributed by atoms with Gasteiger partial charge in [0.2, 0.25) is 0 Å². The summed E-state index contributed by atoms with van der Waals surface area (Å²) in [5, 5.41) is 12.3. The van der Waals surface area contributed by atoms with Gasteiger partial charge in [-0.3, -0.25) is 4.79 Å². The van der Waals surface area contributed by atoms with Crippen molar-refractivity contribution in [2.24, 2.45) is 7.05 Å². The zero-order valence-electron chi connectivity index (χ0n) is 17.0. The van der Waals surface area contributed by atoms with Gasteiger partial charge in [0.25, 0.3) is 5.56 Å². The van der Waals surface area contributed by atoms with Gasteiger partial charge >= 0.3 is 0 Å². The number of nitrogens with one attached hydrogen (secondary N) is 2. The van der Waals surface area contributed by atoms with Crippen LogP contribution in [0.4, 0.5) is 5.69 Å². The van der Waals surface area contributed by atoms with Crippen molar-refractivity contribution in [2.75, 3.05) is 19.0 Å². The second-order valence-corrected chi connectivity index (χ2v) is 7.21. The zero-order chi connectivity index (χ0) is 21.0. The van der Waals surface area contributed by atoms with Gasteiger partial charge in [0.05, 0.1) is 17.4 Å². The van der Waals surface area contributed by atoms with Crippen molar-refractivity contribution < 1.29 is 0 Å². The molecule has 0 spiro atoms. The highest BCUT2D eigenvalue weighted by molar-refractivity contribution is 6.30. The predicted octanol–water partition coefficient (Wildman–Crippen LogP) is 4.22. The molecule has 2 rings (SSSR count). The SMILES string of the molecule is C=CC(=N)/C(=C(/C)NC)C(c1ccc(Cl)cc1)N(C)c1cc(C)c(=O)n(C)c1. The van der Waals surface area contributed by atoms with Crippen LogP contribution >= 0.6 is 11.6 Å². The molecule has 0 aliphatic heterocycles. The summed E-state index contributed by atoms with van der Waals surface area (Å²) < 4.78 is 1.58. The summed E-state index contributed by atoms with van der Waals surface area (Å²) in [5.74, 6) is 0. The highest BCUT2D eigenvalue weighted by atomic mass is 35.5. The molecule has 0 bridgehead atoms. The number of aromatic nitrogens is 1. The first-order valence-electron chi connectivity index (χ1n) is 8.96. The Balaban J connectivity index is 2.74. The molecule has 6 heteroatoms. The van der Waals surface area contributed by atoms with Gasteiger partial charge in [0, 0.05) is 49.2 Å². The average molecular weight is 399 g/mol. The minimum atomic E-state index is -0.271. The van der Waals surface area contributed by atoms with Gasteiger partial charge in [-0.2, -0.15) is 0 Å². The van der Waals surface area contributed by atoms with Crippen molar-refractivity contribution in [1.82, 2.24) is 9.88 Å². The molecule has 0 aliphatic rings. The molecule has 0 fully saturated rings. The number of benzene rings is 1. The molecule has 2 aromatic rings. The first kappa shape index (κ1) is 21.5. The summed E-state index contributed by atoms with van der Waals surface area (Å²) in [5.41, 5.74) is 4.50. The summed E-state index contributed by atoms with van der Waals surface area (Å²) in [6, 6.07) is 9.19. The first-order valence-corrected chi connectivity index (χ1v) is 9.34. The van der Waals surface area contributed by atoms with E-state index in [4.69, 9.17) is 17.0 Å². The average Bonchev–Trinajstić information content (AvgIpc) is 2.69. The fourth-order valence-corrected chi connectivity index (χ4v) is 3.35. The molecule has 1 unspecified atom stereocenters. The van der Waals surface area contributed by atoms with E-state index in [0.29, 0.717) is 16.3 Å². The summed E-state index contributed by atoms with van der Waals surface area (Å²) in [7, 11) is 5.53. The molecular weight excluding hydrogens is 372 g/mol. The monoisotopic (exact) mass is 398 g/mol. The molecule has 0 radical (unpaired) electrons. The van der Waals surface area contributed by atoms with Crippen LogP contribution in [-0.4, -0.2) is 24.4 Å². The van der Waals surface area contributed by atoms with Gasteiger partial charge in [-0.15, -0.1) is 0 Å². The summed E-state index contributed by atoms with van der Waals surface area (Å²) >= 11 is 6.10. The number of aryl methyl sites for hydroxylation is 2. The van der Waals surface area contributed by atoms with Gasteiger partial charge < -0.3 is 20.2 Å². The lowest BCUT2D eigenvalue weighted by atomic mass is 9.91. The maximum Gasteiger partial charge on any atom is 0.253 e. The Kier molecular flexibility index (Phi) is 6.86. The molecule has 0 amide bonds. The fourth-order valence-electron chi connectivity index (χ4n) is 3.23. The van der Waals surface area contributed by atoms with Crippen molar-refractivity contribution >= 4 is 23.0 Å². The lowest BCUT2D eigenvalue weighted by Crippen LogP contribution is -2.32. The molecule has 0 saturated carbocycles. The van der Waals surface area contributed by atoms with Gasteiger partial charge in [-0.1, -0.05) is 30.3 Å². The molecule has 1 atom stereocenters. The van der Waals surface area contributed by atoms with Crippen LogP contribution in [0.2, 0.25) is 5.02 Å². The third kappa shape index (κ3) is 4.37. The Morgan fingerprint density at radius 2 is 1.96 bits per heavy atom. The molecule has 1 aromatic carbocycles. The van der Waals surface area contributed by atoms with E-state index in [-0.39, 0.29) is 11.6 Å². The van der Waals surface area contributed by atoms with Crippen LogP contribution in [-0.2, 0) is 7.05 Å². The second-order valence-electron chi connectivity index (χ2n) is 6.77. The number of halogens is 1. The van der Waals surface area contributed by atoms with Crippen LogP contribution in [0.25, 0.3) is 0 Å². The van der Waals surface area contributed by atoms with Crippen molar-refractivity contribution in [3.63, 3.8) is 0 Å². The largest absolute Gasteiger partial charge is 0.391 e. The number of rotatable bonds is 7. The molecular formula is C22H27ClN4O. The van der Waals surface area contributed by atoms with E-state index in [9.17, 15) is 4.79 Å². The first-order chi connectivity index (χ1) is 13.2. The lowest BCUT2D eigenvalue weighted by Gasteiger charge is -2.34. The summed E-state index contributed by atoms with van der Waals surface area (Å²) in [4.78, 5) is 14.2. The van der Waals surface area contributed by atoms with Crippen molar-refractivity contribution in [1.29, 1.82) is 5.41 Å². The van der Waals surface area contributed by atoms with Crippen LogP contribution in [0.3, 0.4) is 0 Å². The molecule has 148 valence electrons. The topological polar surface area (TPSA) is 61.1 Å². The Bertz CT molecular complexity index is 947. The normalized spacial score (nSPS) is 12.8. The molecule has 0 saturated heterocycles. The maximum absolute atomic E-state index is 12.1. The van der Waals surface area contributed by atoms with Gasteiger partial charge in [-0.05, 0) is 43.7 Å². The van der Waals surface area contributed by atoms with Crippen molar-refractivity contribution in [3.05, 3.63) is 87.0 Å². The predicted molar refractivity (Wildman–Crippen MR) is 119 cm³/mol. The van der Waals surface area contributed by atoms with Gasteiger partial charge in [0.15, 0.2) is 0 Å². The van der Waals surface area contributed by atoms with Crippen molar-refractivity contribution in [2.45, 2.75) is 19.9 Å². The minimum Gasteiger partial charge on any atom is -0.391 e. The fraction of sp³-hybridized carbons (Fsp3) is 0.273. The van der Waals surface area contributed by atoms with Crippen LogP contribution in [0.5, 0.6) is 0 Å². The van der Waals surface area contributed by atoms with E-state index in [1.165, 1.54) is 0 Å². The van der Waals surface area contributed by atoms with Gasteiger partial charge in [0.1, 0.15) is 0 Å². The quantitative estimate of drug-likeness (QED) is 0.686. The molecule has 1 heterocycles. The number of hydrogen-bond donors (Lipinski definition) is 2. The van der Waals surface area contributed by atoms with E-state index in [1.807, 2.05) is 57.5 Å². The number of likely N-dealkylation sites (N-methyl/N-ethyl adjacent to an activating group) is 1. The Hall–Kier alpha value is -2.79. The smallest absolute Gasteiger partial charge is 0.253 e. The minimum absolute atomic E-state index is 0.0267. The lowest BCUT2D eigenvalue weighted by molar-refractivity contribution is 0.752. The van der Waals surface area contributed by atoms with E-state index in [0.717, 1.165) is 22.5 Å². The van der Waals surface area contributed by atoms with Crippen LogP contribution in [0.1, 0.15) is 24.1 Å². The van der Waals surface area contributed by atoms with Crippen LogP contribution in [0, 0.1) is 12.3 Å². The highest BCUT2D eigenvalue weighted by Crippen LogP contribution is 2.34. The van der Waals surface area contributed by atoms with E-state index in [1.54, 1.807) is 24.6 Å². The highest BCUT2D eigenvalue weighted by Gasteiger charge is 2.26. The molecule has 0 aliphatic carbocycles. The molecule has 5 nitrogen and oxygen atoms in total. The summed E-state index contributed by atoms with van der Waals surface area (Å²) in [6.45, 7) is 7.53. The van der Waals surface area contributed by atoms with E-state index < -0.39 is 0 Å². The van der Waals surface area contributed by atoms with E-state index in [2.05, 4.69) is 16.8 Å². The number of anilines is 1. The number of nitrogens with zero attached hydrogens (tertiary/aromatic N) is 2. The van der Waals surface area contributed by atoms with Crippen LogP contribution in [0.15, 0.2) is 65.2 Å². The van der Waals surface area contributed by atoms with E-state index >= 15 is 0 Å². The number of pyridine rings is 1. The van der Waals surface area contributed by atoms with Crippen LogP contribution < -0.4 is 15.8 Å². The second kappa shape index (κ2) is 8.93.